The van der Waals surface area contributed by atoms with Crippen LogP contribution in [0.15, 0.2) is 12.2 Å². The summed E-state index contributed by atoms with van der Waals surface area (Å²) in [6.45, 7) is 6.64. The number of esters is 3. The Morgan fingerprint density at radius 2 is 0.478 bits per heavy atom. The van der Waals surface area contributed by atoms with Crippen LogP contribution in [0.3, 0.4) is 0 Å². The van der Waals surface area contributed by atoms with Crippen LogP contribution in [0.25, 0.3) is 0 Å². The second-order valence-corrected chi connectivity index (χ2v) is 21.3. The highest BCUT2D eigenvalue weighted by atomic mass is 16.6. The summed E-state index contributed by atoms with van der Waals surface area (Å²) in [6.07, 6.45) is 68.3. The Morgan fingerprint density at radius 1 is 0.275 bits per heavy atom. The highest BCUT2D eigenvalue weighted by molar-refractivity contribution is 5.71. The molecule has 6 nitrogen and oxygen atoms in total. The molecule has 0 heterocycles. The Kier molecular flexibility index (Phi) is 57.1. The van der Waals surface area contributed by atoms with Gasteiger partial charge in [-0.2, -0.15) is 0 Å². The summed E-state index contributed by atoms with van der Waals surface area (Å²) >= 11 is 0. The summed E-state index contributed by atoms with van der Waals surface area (Å²) < 4.78 is 16.8. The zero-order chi connectivity index (χ0) is 50.0. The number of hydrogen-bond donors (Lipinski definition) is 0. The van der Waals surface area contributed by atoms with Gasteiger partial charge in [0.25, 0.3) is 0 Å². The van der Waals surface area contributed by atoms with Crippen molar-refractivity contribution in [1.82, 2.24) is 0 Å². The molecule has 0 aliphatic heterocycles. The van der Waals surface area contributed by atoms with E-state index in [1.54, 1.807) is 0 Å². The zero-order valence-corrected chi connectivity index (χ0v) is 46.9. The second-order valence-electron chi connectivity index (χ2n) is 21.3. The molecule has 0 rings (SSSR count). The average Bonchev–Trinajstić information content (AvgIpc) is 3.35. The van der Waals surface area contributed by atoms with E-state index in [2.05, 4.69) is 32.9 Å². The fourth-order valence-electron chi connectivity index (χ4n) is 9.56. The molecule has 1 atom stereocenters. The van der Waals surface area contributed by atoms with Crippen LogP contribution in [0.5, 0.6) is 0 Å². The Bertz CT molecular complexity index is 1070. The van der Waals surface area contributed by atoms with E-state index in [0.717, 1.165) is 64.2 Å². The van der Waals surface area contributed by atoms with E-state index < -0.39 is 6.10 Å². The summed E-state index contributed by atoms with van der Waals surface area (Å²) in [5.74, 6) is -0.862. The van der Waals surface area contributed by atoms with Crippen molar-refractivity contribution in [3.8, 4) is 0 Å². The molecule has 0 fully saturated rings. The minimum absolute atomic E-state index is 0.0683. The first-order valence-electron chi connectivity index (χ1n) is 31.2. The third-order valence-corrected chi connectivity index (χ3v) is 14.3. The van der Waals surface area contributed by atoms with Gasteiger partial charge in [0.15, 0.2) is 6.10 Å². The first kappa shape index (κ1) is 67.1. The van der Waals surface area contributed by atoms with Crippen molar-refractivity contribution in [3.63, 3.8) is 0 Å². The fourth-order valence-corrected chi connectivity index (χ4v) is 9.56. The molecule has 6 heteroatoms. The molecule has 0 amide bonds. The summed E-state index contributed by atoms with van der Waals surface area (Å²) in [4.78, 5) is 37.9. The molecule has 69 heavy (non-hydrogen) atoms. The predicted octanol–water partition coefficient (Wildman–Crippen LogP) is 20.9. The second kappa shape index (κ2) is 58.7. The van der Waals surface area contributed by atoms with Crippen LogP contribution in [-0.2, 0) is 28.6 Å². The van der Waals surface area contributed by atoms with Gasteiger partial charge < -0.3 is 14.2 Å². The van der Waals surface area contributed by atoms with Crippen LogP contribution in [-0.4, -0.2) is 37.2 Å². The number of allylic oxidation sites excluding steroid dienone is 2. The third kappa shape index (κ3) is 56.9. The summed E-state index contributed by atoms with van der Waals surface area (Å²) in [5, 5.41) is 0. The van der Waals surface area contributed by atoms with Gasteiger partial charge in [-0.15, -0.1) is 0 Å². The Morgan fingerprint density at radius 3 is 0.725 bits per heavy atom. The molecule has 408 valence electrons. The van der Waals surface area contributed by atoms with Gasteiger partial charge in [-0.3, -0.25) is 14.4 Å². The number of carbonyl (C=O) groups excluding carboxylic acids is 3. The lowest BCUT2D eigenvalue weighted by Gasteiger charge is -2.18. The molecule has 0 aromatic rings. The third-order valence-electron chi connectivity index (χ3n) is 14.3. The molecule has 1 unspecified atom stereocenters. The number of ether oxygens (including phenoxy) is 3. The van der Waals surface area contributed by atoms with Crippen molar-refractivity contribution >= 4 is 17.9 Å². The van der Waals surface area contributed by atoms with E-state index in [0.29, 0.717) is 19.3 Å². The van der Waals surface area contributed by atoms with Gasteiger partial charge >= 0.3 is 17.9 Å². The highest BCUT2D eigenvalue weighted by Gasteiger charge is 2.19. The molecule has 0 bridgehead atoms. The van der Waals surface area contributed by atoms with Gasteiger partial charge in [0.2, 0.25) is 0 Å². The Balaban J connectivity index is 3.96. The van der Waals surface area contributed by atoms with Crippen molar-refractivity contribution in [3.05, 3.63) is 12.2 Å². The lowest BCUT2D eigenvalue weighted by Crippen LogP contribution is -2.30. The standard InChI is InChI=1S/C63H120O6/c1-4-7-10-13-16-18-20-22-24-25-26-27-28-29-30-31-32-33-34-35-36-37-38-39-41-42-44-47-50-53-56-62(65)68-59-60(58-67-61(64)55-52-49-46-15-12-9-6-3)69-63(66)57-54-51-48-45-43-40-23-21-19-17-14-11-8-5-2/h21,23,60H,4-20,22,24-59H2,1-3H3/b23-21-. The molecule has 0 aliphatic carbocycles. The maximum absolute atomic E-state index is 12.8. The smallest absolute Gasteiger partial charge is 0.306 e. The number of carbonyl (C=O) groups is 3. The molecule has 0 aromatic carbocycles. The normalized spacial score (nSPS) is 12.0. The van der Waals surface area contributed by atoms with E-state index >= 15 is 0 Å². The highest BCUT2D eigenvalue weighted by Crippen LogP contribution is 2.18. The Hall–Kier alpha value is -1.85. The van der Waals surface area contributed by atoms with Gasteiger partial charge in [-0.05, 0) is 44.9 Å². The molecule has 0 aromatic heterocycles. The number of hydrogen-bond acceptors (Lipinski definition) is 6. The molecule has 0 spiro atoms. The van der Waals surface area contributed by atoms with Crippen molar-refractivity contribution in [2.45, 2.75) is 361 Å². The summed E-state index contributed by atoms with van der Waals surface area (Å²) in [6, 6.07) is 0. The molecule has 0 saturated carbocycles. The van der Waals surface area contributed by atoms with Gasteiger partial charge in [-0.25, -0.2) is 0 Å². The number of rotatable bonds is 58. The van der Waals surface area contributed by atoms with E-state index in [1.165, 1.54) is 250 Å². The van der Waals surface area contributed by atoms with Crippen LogP contribution in [0, 0.1) is 0 Å². The lowest BCUT2D eigenvalue weighted by atomic mass is 10.0. The van der Waals surface area contributed by atoms with Crippen molar-refractivity contribution in [2.24, 2.45) is 0 Å². The number of unbranched alkanes of at least 4 members (excludes halogenated alkanes) is 45. The maximum atomic E-state index is 12.8. The van der Waals surface area contributed by atoms with Crippen LogP contribution < -0.4 is 0 Å². The topological polar surface area (TPSA) is 78.9 Å². The molecule has 0 saturated heterocycles. The zero-order valence-electron chi connectivity index (χ0n) is 46.9. The van der Waals surface area contributed by atoms with Crippen LogP contribution >= 0.6 is 0 Å². The maximum Gasteiger partial charge on any atom is 0.306 e. The fraction of sp³-hybridized carbons (Fsp3) is 0.921. The minimum Gasteiger partial charge on any atom is -0.462 e. The van der Waals surface area contributed by atoms with E-state index in [4.69, 9.17) is 14.2 Å². The SMILES string of the molecule is CCCCCCC/C=C\CCCCCCCC(=O)OC(COC(=O)CCCCCCCCC)COC(=O)CCCCCCCCCCCCCCCCCCCCCCCCCCCCCCCC. The first-order valence-corrected chi connectivity index (χ1v) is 31.2. The quantitative estimate of drug-likeness (QED) is 0.0261. The van der Waals surface area contributed by atoms with Crippen LogP contribution in [0.4, 0.5) is 0 Å². The van der Waals surface area contributed by atoms with Gasteiger partial charge in [0.1, 0.15) is 13.2 Å². The molecule has 0 aliphatic rings. The molecular formula is C63H120O6. The lowest BCUT2D eigenvalue weighted by molar-refractivity contribution is -0.167. The van der Waals surface area contributed by atoms with E-state index in [-0.39, 0.29) is 31.1 Å². The van der Waals surface area contributed by atoms with Crippen molar-refractivity contribution < 1.29 is 28.6 Å². The summed E-state index contributed by atoms with van der Waals surface area (Å²) in [5.41, 5.74) is 0. The van der Waals surface area contributed by atoms with E-state index in [9.17, 15) is 14.4 Å². The van der Waals surface area contributed by atoms with Crippen molar-refractivity contribution in [2.75, 3.05) is 13.2 Å². The van der Waals surface area contributed by atoms with Crippen LogP contribution in [0.2, 0.25) is 0 Å². The van der Waals surface area contributed by atoms with E-state index in [1.807, 2.05) is 0 Å². The largest absolute Gasteiger partial charge is 0.462 e. The van der Waals surface area contributed by atoms with Gasteiger partial charge in [-0.1, -0.05) is 303 Å². The predicted molar refractivity (Wildman–Crippen MR) is 298 cm³/mol. The molecule has 0 N–H and O–H groups in total. The average molecular weight is 974 g/mol. The van der Waals surface area contributed by atoms with Crippen molar-refractivity contribution in [1.29, 1.82) is 0 Å². The van der Waals surface area contributed by atoms with Crippen LogP contribution in [0.1, 0.15) is 355 Å². The van der Waals surface area contributed by atoms with Gasteiger partial charge in [0, 0.05) is 19.3 Å². The monoisotopic (exact) mass is 973 g/mol. The van der Waals surface area contributed by atoms with Gasteiger partial charge in [0.05, 0.1) is 0 Å². The molecule has 0 radical (unpaired) electrons. The minimum atomic E-state index is -0.767. The Labute approximate surface area is 431 Å². The summed E-state index contributed by atoms with van der Waals surface area (Å²) in [7, 11) is 0. The first-order chi connectivity index (χ1) is 34.0. The molecular weight excluding hydrogens is 853 g/mol.